The largest absolute Gasteiger partial charge is 0.461 e. The summed E-state index contributed by atoms with van der Waals surface area (Å²) in [5.41, 5.74) is 1.12. The van der Waals surface area contributed by atoms with Crippen LogP contribution < -0.4 is 4.74 Å². The number of pyridine rings is 1. The van der Waals surface area contributed by atoms with E-state index in [1.54, 1.807) is 12.4 Å². The molecule has 13 heavy (non-hydrogen) atoms. The zero-order valence-electron chi connectivity index (χ0n) is 6.64. The van der Waals surface area contributed by atoms with Crippen molar-refractivity contribution in [1.29, 1.82) is 5.26 Å². The Morgan fingerprint density at radius 2 is 2.31 bits per heavy atom. The van der Waals surface area contributed by atoms with Gasteiger partial charge in [-0.3, -0.25) is 9.98 Å². The van der Waals surface area contributed by atoms with E-state index in [1.807, 2.05) is 6.07 Å². The van der Waals surface area contributed by atoms with Crippen molar-refractivity contribution in [1.82, 2.24) is 4.98 Å². The Morgan fingerprint density at radius 3 is 3.15 bits per heavy atom. The van der Waals surface area contributed by atoms with Crippen molar-refractivity contribution in [3.63, 3.8) is 0 Å². The van der Waals surface area contributed by atoms with Gasteiger partial charge in [0.05, 0.1) is 11.8 Å². The monoisotopic (exact) mass is 171 g/mol. The SMILES string of the molecule is N#Cc1cncc2c1OC=CN=C2. The molecule has 1 aromatic heterocycles. The predicted molar refractivity (Wildman–Crippen MR) is 46.3 cm³/mol. The van der Waals surface area contributed by atoms with E-state index < -0.39 is 0 Å². The molecule has 1 aromatic rings. The first-order chi connectivity index (χ1) is 6.42. The van der Waals surface area contributed by atoms with Crippen molar-refractivity contribution in [3.8, 4) is 11.8 Å². The summed E-state index contributed by atoms with van der Waals surface area (Å²) in [5.74, 6) is 0.509. The highest BCUT2D eigenvalue weighted by atomic mass is 16.5. The maximum absolute atomic E-state index is 8.75. The Labute approximate surface area is 74.8 Å². The minimum atomic E-state index is 0.413. The van der Waals surface area contributed by atoms with E-state index in [0.29, 0.717) is 16.9 Å². The van der Waals surface area contributed by atoms with Crippen molar-refractivity contribution in [2.45, 2.75) is 0 Å². The highest BCUT2D eigenvalue weighted by molar-refractivity contribution is 5.85. The Morgan fingerprint density at radius 1 is 1.38 bits per heavy atom. The smallest absolute Gasteiger partial charge is 0.156 e. The molecule has 2 rings (SSSR count). The van der Waals surface area contributed by atoms with E-state index in [0.717, 1.165) is 0 Å². The van der Waals surface area contributed by atoms with Gasteiger partial charge < -0.3 is 4.74 Å². The van der Waals surface area contributed by atoms with Crippen LogP contribution in [0.5, 0.6) is 5.75 Å². The topological polar surface area (TPSA) is 58.3 Å². The van der Waals surface area contributed by atoms with Crippen molar-refractivity contribution >= 4 is 6.21 Å². The fourth-order valence-corrected chi connectivity index (χ4v) is 1.02. The van der Waals surface area contributed by atoms with Crippen molar-refractivity contribution < 1.29 is 4.74 Å². The van der Waals surface area contributed by atoms with E-state index in [2.05, 4.69) is 9.98 Å². The molecule has 0 aliphatic carbocycles. The number of nitriles is 1. The van der Waals surface area contributed by atoms with Gasteiger partial charge in [-0.2, -0.15) is 5.26 Å². The molecular formula is C9H5N3O. The van der Waals surface area contributed by atoms with Crippen LogP contribution in [0.15, 0.2) is 29.8 Å². The molecule has 2 heterocycles. The molecule has 0 bridgehead atoms. The molecule has 4 heteroatoms. The van der Waals surface area contributed by atoms with Gasteiger partial charge in [-0.25, -0.2) is 0 Å². The van der Waals surface area contributed by atoms with Crippen molar-refractivity contribution in [2.75, 3.05) is 0 Å². The number of hydrogen-bond acceptors (Lipinski definition) is 4. The van der Waals surface area contributed by atoms with Gasteiger partial charge >= 0.3 is 0 Å². The average Bonchev–Trinajstić information content (AvgIpc) is 2.41. The fraction of sp³-hybridized carbons (Fsp3) is 0. The second kappa shape index (κ2) is 3.07. The number of nitrogens with zero attached hydrogens (tertiary/aromatic N) is 3. The summed E-state index contributed by atoms with van der Waals surface area (Å²) in [6.45, 7) is 0. The van der Waals surface area contributed by atoms with Crippen molar-refractivity contribution in [3.05, 3.63) is 36.0 Å². The number of aliphatic imine (C=N–C) groups is 1. The minimum absolute atomic E-state index is 0.413. The van der Waals surface area contributed by atoms with Gasteiger partial charge in [0, 0.05) is 18.6 Å². The van der Waals surface area contributed by atoms with Crippen LogP contribution >= 0.6 is 0 Å². The van der Waals surface area contributed by atoms with Gasteiger partial charge in [0.15, 0.2) is 5.75 Å². The third kappa shape index (κ3) is 1.27. The quantitative estimate of drug-likeness (QED) is 0.590. The van der Waals surface area contributed by atoms with Crippen LogP contribution in [0.2, 0.25) is 0 Å². The zero-order chi connectivity index (χ0) is 9.10. The van der Waals surface area contributed by atoms with E-state index >= 15 is 0 Å². The number of ether oxygens (including phenoxy) is 1. The lowest BCUT2D eigenvalue weighted by atomic mass is 10.2. The number of rotatable bonds is 0. The van der Waals surface area contributed by atoms with Crippen molar-refractivity contribution in [2.24, 2.45) is 4.99 Å². The Hall–Kier alpha value is -2.15. The summed E-state index contributed by atoms with van der Waals surface area (Å²) >= 11 is 0. The average molecular weight is 171 g/mol. The summed E-state index contributed by atoms with van der Waals surface area (Å²) in [4.78, 5) is 7.80. The third-order valence-electron chi connectivity index (χ3n) is 1.59. The molecule has 0 atom stereocenters. The summed E-state index contributed by atoms with van der Waals surface area (Å²) in [6.07, 6.45) is 7.62. The Bertz CT molecular complexity index is 429. The summed E-state index contributed by atoms with van der Waals surface area (Å²) in [6, 6.07) is 2.00. The van der Waals surface area contributed by atoms with E-state index in [9.17, 15) is 0 Å². The molecule has 0 saturated carbocycles. The van der Waals surface area contributed by atoms with Crippen LogP contribution in [0.4, 0.5) is 0 Å². The lowest BCUT2D eigenvalue weighted by molar-refractivity contribution is 0.478. The molecule has 62 valence electrons. The van der Waals surface area contributed by atoms with Gasteiger partial charge in [0.2, 0.25) is 0 Å². The molecule has 1 aliphatic heterocycles. The van der Waals surface area contributed by atoms with Gasteiger partial charge in [0.25, 0.3) is 0 Å². The van der Waals surface area contributed by atoms with E-state index in [4.69, 9.17) is 10.00 Å². The molecule has 0 N–H and O–H groups in total. The molecule has 0 spiro atoms. The highest BCUT2D eigenvalue weighted by Gasteiger charge is 2.08. The Kier molecular flexibility index (Phi) is 1.77. The summed E-state index contributed by atoms with van der Waals surface area (Å²) < 4.78 is 5.20. The van der Waals surface area contributed by atoms with Gasteiger partial charge in [-0.15, -0.1) is 0 Å². The van der Waals surface area contributed by atoms with Crippen LogP contribution in [-0.4, -0.2) is 11.2 Å². The number of fused-ring (bicyclic) bond motifs is 1. The van der Waals surface area contributed by atoms with Crippen LogP contribution in [-0.2, 0) is 0 Å². The summed E-state index contributed by atoms with van der Waals surface area (Å²) in [7, 11) is 0. The second-order valence-electron chi connectivity index (χ2n) is 2.40. The third-order valence-corrected chi connectivity index (χ3v) is 1.59. The maximum atomic E-state index is 8.75. The molecule has 0 fully saturated rings. The van der Waals surface area contributed by atoms with E-state index in [-0.39, 0.29) is 0 Å². The van der Waals surface area contributed by atoms with Crippen LogP contribution in [0.25, 0.3) is 0 Å². The first kappa shape index (κ1) is 7.50. The normalized spacial score (nSPS) is 12.5. The van der Waals surface area contributed by atoms with Crippen LogP contribution in [0, 0.1) is 11.3 Å². The second-order valence-corrected chi connectivity index (χ2v) is 2.40. The standard InChI is InChI=1S/C9H5N3O/c10-3-7-4-12-6-8-5-11-1-2-13-9(7)8/h1-2,4-6H. The first-order valence-electron chi connectivity index (χ1n) is 3.65. The molecule has 0 aromatic carbocycles. The maximum Gasteiger partial charge on any atom is 0.156 e. The molecule has 0 unspecified atom stereocenters. The number of aromatic nitrogens is 1. The molecule has 4 nitrogen and oxygen atoms in total. The zero-order valence-corrected chi connectivity index (χ0v) is 6.64. The summed E-state index contributed by atoms with van der Waals surface area (Å²) in [5, 5.41) is 8.75. The highest BCUT2D eigenvalue weighted by Crippen LogP contribution is 2.22. The molecular weight excluding hydrogens is 166 g/mol. The molecule has 0 amide bonds. The molecule has 0 radical (unpaired) electrons. The van der Waals surface area contributed by atoms with E-state index in [1.165, 1.54) is 18.7 Å². The Balaban J connectivity index is 2.63. The van der Waals surface area contributed by atoms with Gasteiger partial charge in [0.1, 0.15) is 17.9 Å². The predicted octanol–water partition coefficient (Wildman–Crippen LogP) is 1.24. The van der Waals surface area contributed by atoms with Gasteiger partial charge in [-0.1, -0.05) is 0 Å². The lowest BCUT2D eigenvalue weighted by Crippen LogP contribution is -1.93. The van der Waals surface area contributed by atoms with Crippen LogP contribution in [0.3, 0.4) is 0 Å². The molecule has 0 saturated heterocycles. The fourth-order valence-electron chi connectivity index (χ4n) is 1.02. The minimum Gasteiger partial charge on any atom is -0.461 e. The lowest BCUT2D eigenvalue weighted by Gasteiger charge is -2.02. The number of hydrogen-bond donors (Lipinski definition) is 0. The molecule has 1 aliphatic rings. The van der Waals surface area contributed by atoms with Gasteiger partial charge in [-0.05, 0) is 0 Å². The van der Waals surface area contributed by atoms with Crippen LogP contribution in [0.1, 0.15) is 11.1 Å². The first-order valence-corrected chi connectivity index (χ1v) is 3.65.